The molecule has 0 saturated carbocycles. The summed E-state index contributed by atoms with van der Waals surface area (Å²) >= 11 is 1.51. The van der Waals surface area contributed by atoms with Crippen LogP contribution < -0.4 is 10.6 Å². The first-order valence-corrected chi connectivity index (χ1v) is 11.4. The van der Waals surface area contributed by atoms with Gasteiger partial charge in [0, 0.05) is 55.2 Å². The van der Waals surface area contributed by atoms with Gasteiger partial charge in [-0.15, -0.1) is 11.3 Å². The minimum Gasteiger partial charge on any atom is -0.346 e. The lowest BCUT2D eigenvalue weighted by atomic mass is 9.79. The van der Waals surface area contributed by atoms with Gasteiger partial charge in [-0.25, -0.2) is 4.98 Å². The third-order valence-electron chi connectivity index (χ3n) is 6.80. The SMILES string of the molecule is C[C@H]1[C@H](NC(=O)c2cc3c(C(=O)N4CCNCC4)csc3cn2)C2CCN1CC2. The number of rotatable bonds is 3. The van der Waals surface area contributed by atoms with E-state index in [2.05, 4.69) is 27.4 Å². The van der Waals surface area contributed by atoms with Crippen molar-refractivity contribution >= 4 is 33.2 Å². The molecule has 8 heteroatoms. The zero-order valence-electron chi connectivity index (χ0n) is 16.7. The van der Waals surface area contributed by atoms with Gasteiger partial charge in [-0.3, -0.25) is 14.5 Å². The number of nitrogens with zero attached hydrogens (tertiary/aromatic N) is 3. The van der Waals surface area contributed by atoms with E-state index in [1.807, 2.05) is 10.3 Å². The fourth-order valence-corrected chi connectivity index (χ4v) is 5.91. The number of amides is 2. The first-order valence-electron chi connectivity index (χ1n) is 10.5. The van der Waals surface area contributed by atoms with Crippen LogP contribution in [0.25, 0.3) is 10.1 Å². The Morgan fingerprint density at radius 2 is 1.97 bits per heavy atom. The highest BCUT2D eigenvalue weighted by Gasteiger charge is 2.40. The van der Waals surface area contributed by atoms with Crippen molar-refractivity contribution in [3.05, 3.63) is 28.9 Å². The van der Waals surface area contributed by atoms with Crippen LogP contribution in [0.4, 0.5) is 0 Å². The molecule has 0 aromatic carbocycles. The topological polar surface area (TPSA) is 77.6 Å². The quantitative estimate of drug-likeness (QED) is 0.799. The molecule has 0 unspecified atom stereocenters. The van der Waals surface area contributed by atoms with E-state index in [1.54, 1.807) is 12.3 Å². The Balaban J connectivity index is 1.38. The normalized spacial score (nSPS) is 29.2. The van der Waals surface area contributed by atoms with E-state index in [1.165, 1.54) is 11.3 Å². The molecule has 0 spiro atoms. The van der Waals surface area contributed by atoms with Gasteiger partial charge in [0.15, 0.2) is 0 Å². The minimum atomic E-state index is -0.135. The molecule has 4 aliphatic heterocycles. The van der Waals surface area contributed by atoms with Crippen molar-refractivity contribution in [2.24, 2.45) is 5.92 Å². The maximum absolute atomic E-state index is 13.0. The lowest BCUT2D eigenvalue weighted by molar-refractivity contribution is 0.0216. The molecule has 2 amide bonds. The average molecular weight is 414 g/mol. The van der Waals surface area contributed by atoms with Crippen LogP contribution in [-0.2, 0) is 0 Å². The Bertz CT molecular complexity index is 928. The molecule has 29 heavy (non-hydrogen) atoms. The number of hydrogen-bond donors (Lipinski definition) is 2. The van der Waals surface area contributed by atoms with Crippen LogP contribution in [0.1, 0.15) is 40.6 Å². The summed E-state index contributed by atoms with van der Waals surface area (Å²) in [4.78, 5) is 34.7. The van der Waals surface area contributed by atoms with Crippen LogP contribution in [0.5, 0.6) is 0 Å². The van der Waals surface area contributed by atoms with Crippen LogP contribution in [0.3, 0.4) is 0 Å². The summed E-state index contributed by atoms with van der Waals surface area (Å²) in [7, 11) is 0. The van der Waals surface area contributed by atoms with Gasteiger partial charge in [-0.2, -0.15) is 0 Å². The second kappa shape index (κ2) is 7.66. The van der Waals surface area contributed by atoms with Crippen molar-refractivity contribution in [1.82, 2.24) is 25.4 Å². The molecule has 0 radical (unpaired) electrons. The Hall–Kier alpha value is -2.03. The van der Waals surface area contributed by atoms with E-state index in [9.17, 15) is 9.59 Å². The van der Waals surface area contributed by atoms with Crippen molar-refractivity contribution in [2.75, 3.05) is 39.3 Å². The molecular weight excluding hydrogens is 386 g/mol. The van der Waals surface area contributed by atoms with E-state index in [0.717, 1.165) is 49.1 Å². The molecule has 154 valence electrons. The van der Waals surface area contributed by atoms with Crippen LogP contribution >= 0.6 is 11.3 Å². The van der Waals surface area contributed by atoms with Gasteiger partial charge in [-0.05, 0) is 44.8 Å². The smallest absolute Gasteiger partial charge is 0.270 e. The summed E-state index contributed by atoms with van der Waals surface area (Å²) in [5, 5.41) is 9.24. The monoisotopic (exact) mass is 413 g/mol. The number of carbonyl (C=O) groups excluding carboxylic acids is 2. The third kappa shape index (κ3) is 3.43. The number of carbonyl (C=O) groups is 2. The van der Waals surface area contributed by atoms with Crippen LogP contribution in [0, 0.1) is 5.92 Å². The van der Waals surface area contributed by atoms with Gasteiger partial charge < -0.3 is 15.5 Å². The molecule has 4 saturated heterocycles. The molecule has 7 nitrogen and oxygen atoms in total. The third-order valence-corrected chi connectivity index (χ3v) is 7.74. The number of hydrogen-bond acceptors (Lipinski definition) is 6. The number of pyridine rings is 1. The maximum atomic E-state index is 13.0. The summed E-state index contributed by atoms with van der Waals surface area (Å²) in [5.41, 5.74) is 1.08. The van der Waals surface area contributed by atoms with Crippen LogP contribution in [-0.4, -0.2) is 78.0 Å². The van der Waals surface area contributed by atoms with Crippen molar-refractivity contribution in [3.63, 3.8) is 0 Å². The van der Waals surface area contributed by atoms with Crippen molar-refractivity contribution in [1.29, 1.82) is 0 Å². The summed E-state index contributed by atoms with van der Waals surface area (Å²) in [6.07, 6.45) is 4.02. The zero-order chi connectivity index (χ0) is 20.0. The summed E-state index contributed by atoms with van der Waals surface area (Å²) in [6, 6.07) is 2.33. The van der Waals surface area contributed by atoms with E-state index in [-0.39, 0.29) is 17.9 Å². The minimum absolute atomic E-state index is 0.0429. The molecule has 2 N–H and O–H groups in total. The molecular formula is C21H27N5O2S. The summed E-state index contributed by atoms with van der Waals surface area (Å²) in [6.45, 7) is 7.54. The molecule has 2 aromatic rings. The van der Waals surface area contributed by atoms with Gasteiger partial charge in [0.05, 0.1) is 10.3 Å². The predicted octanol–water partition coefficient (Wildman–Crippen LogP) is 1.55. The van der Waals surface area contributed by atoms with E-state index in [0.29, 0.717) is 36.3 Å². The average Bonchev–Trinajstić information content (AvgIpc) is 3.20. The fourth-order valence-electron chi connectivity index (χ4n) is 5.03. The Kier molecular flexibility index (Phi) is 5.01. The van der Waals surface area contributed by atoms with Gasteiger partial charge in [-0.1, -0.05) is 0 Å². The maximum Gasteiger partial charge on any atom is 0.270 e. The number of nitrogens with one attached hydrogen (secondary N) is 2. The van der Waals surface area contributed by atoms with Crippen molar-refractivity contribution in [2.45, 2.75) is 31.8 Å². The number of aromatic nitrogens is 1. The Morgan fingerprint density at radius 3 is 2.69 bits per heavy atom. The number of piperidine rings is 3. The molecule has 4 fully saturated rings. The van der Waals surface area contributed by atoms with Gasteiger partial charge in [0.25, 0.3) is 11.8 Å². The molecule has 2 atom stereocenters. The lowest BCUT2D eigenvalue weighted by Crippen LogP contribution is -2.62. The Labute approximate surface area is 174 Å². The van der Waals surface area contributed by atoms with Crippen molar-refractivity contribution in [3.8, 4) is 0 Å². The molecule has 2 bridgehead atoms. The largest absolute Gasteiger partial charge is 0.346 e. The molecule has 2 aromatic heterocycles. The van der Waals surface area contributed by atoms with Crippen molar-refractivity contribution < 1.29 is 9.59 Å². The highest BCUT2D eigenvalue weighted by molar-refractivity contribution is 7.17. The van der Waals surface area contributed by atoms with Gasteiger partial charge >= 0.3 is 0 Å². The fraction of sp³-hybridized carbons (Fsp3) is 0.571. The summed E-state index contributed by atoms with van der Waals surface area (Å²) in [5.74, 6) is 0.458. The highest BCUT2D eigenvalue weighted by atomic mass is 32.1. The second-order valence-electron chi connectivity index (χ2n) is 8.37. The standard InChI is InChI=1S/C21H27N5O2S/c1-13-19(14-2-6-25(13)7-3-14)24-20(27)17-10-15-16(12-29-18(15)11-23-17)21(28)26-8-4-22-5-9-26/h10-14,19,22H,2-9H2,1H3,(H,24,27)/t13-,19-/m0/s1. The van der Waals surface area contributed by atoms with E-state index >= 15 is 0 Å². The van der Waals surface area contributed by atoms with Crippen LogP contribution in [0.15, 0.2) is 17.6 Å². The molecule has 0 aliphatic carbocycles. The molecule has 4 aliphatic rings. The zero-order valence-corrected chi connectivity index (χ0v) is 17.5. The van der Waals surface area contributed by atoms with Gasteiger partial charge in [0.2, 0.25) is 0 Å². The highest BCUT2D eigenvalue weighted by Crippen LogP contribution is 2.32. The summed E-state index contributed by atoms with van der Waals surface area (Å²) < 4.78 is 0.941. The number of piperazine rings is 1. The number of thiophene rings is 1. The predicted molar refractivity (Wildman–Crippen MR) is 113 cm³/mol. The Morgan fingerprint density at radius 1 is 1.21 bits per heavy atom. The van der Waals surface area contributed by atoms with Gasteiger partial charge in [0.1, 0.15) is 5.69 Å². The van der Waals surface area contributed by atoms with E-state index in [4.69, 9.17) is 0 Å². The molecule has 6 heterocycles. The second-order valence-corrected chi connectivity index (χ2v) is 9.28. The van der Waals surface area contributed by atoms with E-state index < -0.39 is 0 Å². The van der Waals surface area contributed by atoms with Crippen LogP contribution in [0.2, 0.25) is 0 Å². The first kappa shape index (κ1) is 19.0. The first-order chi connectivity index (χ1) is 14.1. The lowest BCUT2D eigenvalue weighted by Gasteiger charge is -2.49. The number of fused-ring (bicyclic) bond motifs is 4. The molecule has 6 rings (SSSR count).